The van der Waals surface area contributed by atoms with Crippen molar-refractivity contribution in [3.05, 3.63) is 84.8 Å². The van der Waals surface area contributed by atoms with E-state index in [4.69, 9.17) is 44.3 Å². The monoisotopic (exact) mass is 715 g/mol. The highest BCUT2D eigenvalue weighted by Gasteiger charge is 2.34. The molecule has 41 heavy (non-hydrogen) atoms. The number of nitrogens with zero attached hydrogens (tertiary/aromatic N) is 2. The maximum Gasteiger partial charge on any atom is 0.417 e. The minimum Gasteiger partial charge on any atom is -0.493 e. The van der Waals surface area contributed by atoms with Gasteiger partial charge in [-0.3, -0.25) is 9.10 Å². The molecule has 0 saturated carbocycles. The molecule has 3 aromatic rings. The predicted molar refractivity (Wildman–Crippen MR) is 156 cm³/mol. The summed E-state index contributed by atoms with van der Waals surface area (Å²) in [6.07, 6.45) is -2.83. The molecule has 0 aliphatic heterocycles. The maximum atomic E-state index is 13.3. The van der Waals surface area contributed by atoms with E-state index in [1.165, 1.54) is 13.3 Å². The molecule has 0 atom stereocenters. The number of alkyl halides is 3. The van der Waals surface area contributed by atoms with Gasteiger partial charge in [0, 0.05) is 15.6 Å². The van der Waals surface area contributed by atoms with E-state index in [0.29, 0.717) is 47.5 Å². The third kappa shape index (κ3) is 8.89. The van der Waals surface area contributed by atoms with Crippen LogP contribution in [0.15, 0.2) is 58.1 Å². The topological polar surface area (TPSA) is 97.3 Å². The van der Waals surface area contributed by atoms with Crippen LogP contribution in [0, 0.1) is 0 Å². The van der Waals surface area contributed by atoms with Crippen molar-refractivity contribution in [2.45, 2.75) is 12.8 Å². The summed E-state index contributed by atoms with van der Waals surface area (Å²) in [5, 5.41) is 4.10. The van der Waals surface area contributed by atoms with Crippen LogP contribution in [0.3, 0.4) is 0 Å². The first-order chi connectivity index (χ1) is 19.1. The molecule has 0 saturated heterocycles. The summed E-state index contributed by atoms with van der Waals surface area (Å²) in [6.45, 7) is -0.731. The summed E-state index contributed by atoms with van der Waals surface area (Å²) >= 11 is 21.1. The van der Waals surface area contributed by atoms with Gasteiger partial charge in [0.25, 0.3) is 5.91 Å². The van der Waals surface area contributed by atoms with Gasteiger partial charge < -0.3 is 9.47 Å². The van der Waals surface area contributed by atoms with Crippen LogP contribution in [0.1, 0.15) is 16.7 Å². The molecular formula is C25H20BrCl3F3N3O5S. The third-order valence-electron chi connectivity index (χ3n) is 5.27. The Kier molecular flexibility index (Phi) is 10.8. The molecule has 0 radical (unpaired) electrons. The number of hydrazone groups is 1. The van der Waals surface area contributed by atoms with Crippen LogP contribution in [0.5, 0.6) is 11.5 Å². The molecule has 0 fully saturated rings. The number of carbonyl (C=O) groups is 1. The molecule has 3 aromatic carbocycles. The summed E-state index contributed by atoms with van der Waals surface area (Å²) in [6, 6.07) is 10.7. The molecule has 16 heteroatoms. The highest BCUT2D eigenvalue weighted by molar-refractivity contribution is 9.10. The second-order valence-electron chi connectivity index (χ2n) is 8.28. The number of anilines is 1. The minimum atomic E-state index is -4.83. The molecular weight excluding hydrogens is 698 g/mol. The van der Waals surface area contributed by atoms with Crippen LogP contribution in [0.4, 0.5) is 18.9 Å². The molecule has 1 amide bonds. The lowest BCUT2D eigenvalue weighted by atomic mass is 10.2. The van der Waals surface area contributed by atoms with Gasteiger partial charge in [0.1, 0.15) is 13.2 Å². The van der Waals surface area contributed by atoms with Crippen molar-refractivity contribution in [2.24, 2.45) is 5.10 Å². The number of hydrogen-bond donors (Lipinski definition) is 1. The van der Waals surface area contributed by atoms with E-state index in [-0.39, 0.29) is 6.61 Å². The van der Waals surface area contributed by atoms with E-state index in [1.54, 1.807) is 30.3 Å². The normalized spacial score (nSPS) is 11.9. The van der Waals surface area contributed by atoms with Crippen molar-refractivity contribution < 1.29 is 35.9 Å². The number of carbonyl (C=O) groups excluding carboxylic acids is 1. The quantitative estimate of drug-likeness (QED) is 0.181. The van der Waals surface area contributed by atoms with Crippen LogP contribution in [-0.4, -0.2) is 40.4 Å². The van der Waals surface area contributed by atoms with E-state index in [1.807, 2.05) is 0 Å². The van der Waals surface area contributed by atoms with Gasteiger partial charge >= 0.3 is 6.18 Å². The van der Waals surface area contributed by atoms with Crippen LogP contribution >= 0.6 is 50.7 Å². The number of amides is 1. The molecule has 0 unspecified atom stereocenters. The molecule has 220 valence electrons. The van der Waals surface area contributed by atoms with E-state index in [9.17, 15) is 26.4 Å². The molecule has 0 aliphatic carbocycles. The summed E-state index contributed by atoms with van der Waals surface area (Å²) in [5.74, 6) is -0.227. The Hall–Kier alpha value is -2.71. The van der Waals surface area contributed by atoms with Gasteiger partial charge in [-0.1, -0.05) is 40.9 Å². The van der Waals surface area contributed by atoms with E-state index < -0.39 is 44.9 Å². The average molecular weight is 718 g/mol. The van der Waals surface area contributed by atoms with E-state index in [2.05, 4.69) is 26.5 Å². The third-order valence-corrected chi connectivity index (χ3v) is 7.92. The Bertz CT molecular complexity index is 1590. The largest absolute Gasteiger partial charge is 0.493 e. The van der Waals surface area contributed by atoms with Gasteiger partial charge in [-0.25, -0.2) is 13.8 Å². The number of halogens is 7. The number of methoxy groups -OCH3 is 1. The van der Waals surface area contributed by atoms with Gasteiger partial charge in [-0.05, 0) is 64.0 Å². The van der Waals surface area contributed by atoms with Crippen LogP contribution in [0.2, 0.25) is 15.1 Å². The van der Waals surface area contributed by atoms with Gasteiger partial charge in [-0.15, -0.1) is 0 Å². The molecule has 1 N–H and O–H groups in total. The molecule has 0 heterocycles. The first-order valence-corrected chi connectivity index (χ1v) is 15.0. The second-order valence-corrected chi connectivity index (χ2v) is 12.3. The fourth-order valence-electron chi connectivity index (χ4n) is 3.37. The molecule has 0 aromatic heterocycles. The number of rotatable bonds is 10. The van der Waals surface area contributed by atoms with Crippen LogP contribution in [-0.2, 0) is 27.6 Å². The Morgan fingerprint density at radius 2 is 1.80 bits per heavy atom. The van der Waals surface area contributed by atoms with Crippen molar-refractivity contribution >= 4 is 78.6 Å². The molecule has 8 nitrogen and oxygen atoms in total. The summed E-state index contributed by atoms with van der Waals surface area (Å²) in [4.78, 5) is 12.5. The average Bonchev–Trinajstić information content (AvgIpc) is 2.86. The highest BCUT2D eigenvalue weighted by Crippen LogP contribution is 2.38. The fraction of sp³-hybridized carbons (Fsp3) is 0.200. The fourth-order valence-corrected chi connectivity index (χ4v) is 5.48. The van der Waals surface area contributed by atoms with Crippen LogP contribution < -0.4 is 19.2 Å². The van der Waals surface area contributed by atoms with Crippen molar-refractivity contribution in [1.82, 2.24) is 5.43 Å². The SMILES string of the molecule is COc1cc(/C=N\NC(=O)CN(c2ccc(Cl)c(C(F)(F)F)c2)S(C)(=O)=O)cc(Br)c1OCc1ccc(Cl)cc1Cl. The highest BCUT2D eigenvalue weighted by atomic mass is 79.9. The maximum absolute atomic E-state index is 13.3. The van der Waals surface area contributed by atoms with E-state index in [0.717, 1.165) is 18.4 Å². The first kappa shape index (κ1) is 32.8. The predicted octanol–water partition coefficient (Wildman–Crippen LogP) is 6.93. The van der Waals surface area contributed by atoms with Crippen LogP contribution in [0.25, 0.3) is 0 Å². The van der Waals surface area contributed by atoms with Crippen molar-refractivity contribution in [1.29, 1.82) is 0 Å². The zero-order valence-corrected chi connectivity index (χ0v) is 25.8. The summed E-state index contributed by atoms with van der Waals surface area (Å²) < 4.78 is 76.6. The number of ether oxygens (including phenoxy) is 2. The minimum absolute atomic E-state index is 0.114. The lowest BCUT2D eigenvalue weighted by molar-refractivity contribution is -0.137. The van der Waals surface area contributed by atoms with E-state index >= 15 is 0 Å². The molecule has 3 rings (SSSR count). The first-order valence-electron chi connectivity index (χ1n) is 11.2. The number of nitrogens with one attached hydrogen (secondary N) is 1. The Labute approximate surface area is 257 Å². The Morgan fingerprint density at radius 3 is 2.41 bits per heavy atom. The smallest absolute Gasteiger partial charge is 0.417 e. The second kappa shape index (κ2) is 13.5. The van der Waals surface area contributed by atoms with Gasteiger partial charge in [-0.2, -0.15) is 18.3 Å². The molecule has 0 aliphatic rings. The van der Waals surface area contributed by atoms with Gasteiger partial charge in [0.05, 0.1) is 40.3 Å². The Morgan fingerprint density at radius 1 is 1.10 bits per heavy atom. The van der Waals surface area contributed by atoms with Gasteiger partial charge in [0.2, 0.25) is 10.0 Å². The van der Waals surface area contributed by atoms with Crippen molar-refractivity contribution in [2.75, 3.05) is 24.2 Å². The molecule has 0 spiro atoms. The number of hydrogen-bond acceptors (Lipinski definition) is 6. The zero-order valence-electron chi connectivity index (χ0n) is 21.1. The molecule has 0 bridgehead atoms. The summed E-state index contributed by atoms with van der Waals surface area (Å²) in [5.41, 5.74) is 1.66. The lowest BCUT2D eigenvalue weighted by Crippen LogP contribution is -2.39. The number of benzene rings is 3. The van der Waals surface area contributed by atoms with Gasteiger partial charge in [0.15, 0.2) is 11.5 Å². The standard InChI is InChI=1S/C25H20BrCl3F3N3O5S/c1-39-22-8-14(7-19(26)24(22)40-13-15-3-4-16(27)9-21(15)29)11-33-34-23(36)12-35(41(2,37)38)17-5-6-20(28)18(10-17)25(30,31)32/h3-11H,12-13H2,1-2H3,(H,34,36)/b33-11-. The van der Waals surface area contributed by atoms with Crippen molar-refractivity contribution in [3.8, 4) is 11.5 Å². The summed E-state index contributed by atoms with van der Waals surface area (Å²) in [7, 11) is -2.73. The Balaban J connectivity index is 1.73. The zero-order chi connectivity index (χ0) is 30.5. The number of sulfonamides is 1. The lowest BCUT2D eigenvalue weighted by Gasteiger charge is -2.22. The van der Waals surface area contributed by atoms with Crippen molar-refractivity contribution in [3.63, 3.8) is 0 Å².